The van der Waals surface area contributed by atoms with Gasteiger partial charge in [0.1, 0.15) is 24.6 Å². The van der Waals surface area contributed by atoms with Crippen molar-refractivity contribution in [2.75, 3.05) is 13.7 Å². The van der Waals surface area contributed by atoms with Crippen LogP contribution in [0, 0.1) is 0 Å². The van der Waals surface area contributed by atoms with E-state index < -0.39 is 61.5 Å². The Labute approximate surface area is 296 Å². The Balaban J connectivity index is 1.35. The number of methoxy groups -OCH3 is 1. The number of halogens is 4. The monoisotopic (exact) mass is 718 g/mol. The number of hydrogen-bond donors (Lipinski definition) is 0. The van der Waals surface area contributed by atoms with Crippen molar-refractivity contribution in [1.82, 2.24) is 9.78 Å². The normalized spacial score (nSPS) is 18.7. The summed E-state index contributed by atoms with van der Waals surface area (Å²) >= 11 is 0. The third-order valence-electron chi connectivity index (χ3n) is 8.34. The smallest absolute Gasteiger partial charge is 0.435 e. The molecule has 1 aliphatic heterocycles. The number of alkyl halides is 4. The molecule has 0 amide bonds. The quantitative estimate of drug-likeness (QED) is 0.0969. The maximum Gasteiger partial charge on any atom is 0.435 e. The third-order valence-corrected chi connectivity index (χ3v) is 8.34. The molecule has 4 unspecified atom stereocenters. The van der Waals surface area contributed by atoms with Gasteiger partial charge in [0.25, 0.3) is 0 Å². The van der Waals surface area contributed by atoms with Crippen LogP contribution in [0.3, 0.4) is 0 Å². The summed E-state index contributed by atoms with van der Waals surface area (Å²) in [6, 6.07) is 31.1. The Bertz CT molecular complexity index is 1940. The predicted octanol–water partition coefficient (Wildman–Crippen LogP) is 7.46. The summed E-state index contributed by atoms with van der Waals surface area (Å²) in [7, 11) is 1.47. The van der Waals surface area contributed by atoms with Crippen molar-refractivity contribution in [3.05, 3.63) is 149 Å². The molecule has 1 fully saturated rings. The van der Waals surface area contributed by atoms with E-state index >= 15 is 4.39 Å². The second-order valence-corrected chi connectivity index (χ2v) is 12.0. The molecule has 4 aromatic carbocycles. The predicted molar refractivity (Wildman–Crippen MR) is 180 cm³/mol. The van der Waals surface area contributed by atoms with Crippen molar-refractivity contribution in [1.29, 1.82) is 0 Å². The molecule has 1 aliphatic rings. The topological polar surface area (TPSA) is 98.1 Å². The van der Waals surface area contributed by atoms with E-state index in [0.29, 0.717) is 16.9 Å². The molecule has 5 aromatic rings. The van der Waals surface area contributed by atoms with E-state index in [9.17, 15) is 22.8 Å². The van der Waals surface area contributed by atoms with Crippen LogP contribution in [0.15, 0.2) is 115 Å². The zero-order valence-corrected chi connectivity index (χ0v) is 27.9. The minimum Gasteiger partial charge on any atom is -0.497 e. The van der Waals surface area contributed by atoms with Gasteiger partial charge in [0.15, 0.2) is 11.9 Å². The highest BCUT2D eigenvalue weighted by molar-refractivity contribution is 5.89. The number of benzene rings is 4. The molecular weight excluding hydrogens is 684 g/mol. The van der Waals surface area contributed by atoms with Crippen LogP contribution in [0.1, 0.15) is 49.5 Å². The highest BCUT2D eigenvalue weighted by atomic mass is 19.4. The molecule has 1 saturated heterocycles. The molecule has 0 aliphatic carbocycles. The zero-order valence-electron chi connectivity index (χ0n) is 27.9. The van der Waals surface area contributed by atoms with E-state index in [1.54, 1.807) is 91.0 Å². The molecule has 0 bridgehead atoms. The maximum atomic E-state index is 16.1. The standard InChI is InChI=1S/C39H34F4N2O7/c1-48-29-19-17-25(18-20-29)21-30-35(39(41,42)43)44-45(23-26-11-5-2-6-12-26)36(30)52-33-22-31(51-38(47)28-15-9-4-10-16-28)34(40)32(50-33)24-49-37(46)27-13-7-3-8-14-27/h2-20,31-34H,21-24H2,1H3. The second kappa shape index (κ2) is 16.1. The molecule has 4 atom stereocenters. The fourth-order valence-electron chi connectivity index (χ4n) is 5.74. The highest BCUT2D eigenvalue weighted by Gasteiger charge is 2.45. The summed E-state index contributed by atoms with van der Waals surface area (Å²) < 4.78 is 89.4. The van der Waals surface area contributed by atoms with E-state index in [4.69, 9.17) is 23.7 Å². The first-order chi connectivity index (χ1) is 25.1. The number of ether oxygens (including phenoxy) is 5. The van der Waals surface area contributed by atoms with Gasteiger partial charge >= 0.3 is 18.1 Å². The second-order valence-electron chi connectivity index (χ2n) is 12.0. The van der Waals surface area contributed by atoms with E-state index in [1.165, 1.54) is 31.4 Å². The van der Waals surface area contributed by atoms with Crippen LogP contribution in [0.2, 0.25) is 0 Å². The fraction of sp³-hybridized carbons (Fsp3) is 0.256. The zero-order chi connectivity index (χ0) is 36.7. The van der Waals surface area contributed by atoms with Crippen molar-refractivity contribution in [3.8, 4) is 11.6 Å². The van der Waals surface area contributed by atoms with Gasteiger partial charge in [0.2, 0.25) is 12.2 Å². The van der Waals surface area contributed by atoms with Gasteiger partial charge in [-0.2, -0.15) is 18.3 Å². The number of carbonyl (C=O) groups is 2. The van der Waals surface area contributed by atoms with Gasteiger partial charge in [0, 0.05) is 6.42 Å². The largest absolute Gasteiger partial charge is 0.497 e. The summed E-state index contributed by atoms with van der Waals surface area (Å²) in [5.74, 6) is -1.34. The van der Waals surface area contributed by atoms with Crippen molar-refractivity contribution >= 4 is 11.9 Å². The van der Waals surface area contributed by atoms with Crippen molar-refractivity contribution < 1.29 is 50.8 Å². The average molecular weight is 719 g/mol. The van der Waals surface area contributed by atoms with Gasteiger partial charge in [-0.3, -0.25) is 0 Å². The molecule has 0 spiro atoms. The molecule has 270 valence electrons. The molecule has 0 saturated carbocycles. The SMILES string of the molecule is COc1ccc(Cc2c(C(F)(F)F)nn(Cc3ccccc3)c2OC2CC(OC(=O)c3ccccc3)C(F)C(COC(=O)c3ccccc3)O2)cc1. The van der Waals surface area contributed by atoms with Crippen molar-refractivity contribution in [2.45, 2.75) is 50.2 Å². The number of rotatable bonds is 12. The Morgan fingerprint density at radius 3 is 2.02 bits per heavy atom. The van der Waals surface area contributed by atoms with Gasteiger partial charge in [0.05, 0.1) is 36.8 Å². The number of esters is 2. The lowest BCUT2D eigenvalue weighted by atomic mass is 10.0. The van der Waals surface area contributed by atoms with Crippen LogP contribution in [-0.4, -0.2) is 60.1 Å². The van der Waals surface area contributed by atoms with Crippen molar-refractivity contribution in [2.24, 2.45) is 0 Å². The lowest BCUT2D eigenvalue weighted by Gasteiger charge is -2.37. The molecule has 9 nitrogen and oxygen atoms in total. The summed E-state index contributed by atoms with van der Waals surface area (Å²) in [6.45, 7) is -0.714. The van der Waals surface area contributed by atoms with Gasteiger partial charge < -0.3 is 23.7 Å². The summed E-state index contributed by atoms with van der Waals surface area (Å²) in [5.41, 5.74) is 0.0419. The summed E-state index contributed by atoms with van der Waals surface area (Å²) in [6.07, 6.45) is -12.0. The highest BCUT2D eigenvalue weighted by Crippen LogP contribution is 2.39. The molecule has 2 heterocycles. The van der Waals surface area contributed by atoms with Crippen LogP contribution in [0.5, 0.6) is 11.6 Å². The number of carbonyl (C=O) groups excluding carboxylic acids is 2. The third kappa shape index (κ3) is 8.78. The molecule has 1 aromatic heterocycles. The van der Waals surface area contributed by atoms with Gasteiger partial charge in [-0.1, -0.05) is 78.9 Å². The first-order valence-electron chi connectivity index (χ1n) is 16.4. The lowest BCUT2D eigenvalue weighted by Crippen LogP contribution is -2.51. The lowest BCUT2D eigenvalue weighted by molar-refractivity contribution is -0.216. The summed E-state index contributed by atoms with van der Waals surface area (Å²) in [5, 5.41) is 3.96. The van der Waals surface area contributed by atoms with Crippen LogP contribution in [0.4, 0.5) is 17.6 Å². The number of aromatic nitrogens is 2. The molecule has 52 heavy (non-hydrogen) atoms. The van der Waals surface area contributed by atoms with E-state index in [0.717, 1.165) is 4.68 Å². The van der Waals surface area contributed by atoms with Gasteiger partial charge in [-0.15, -0.1) is 0 Å². The maximum absolute atomic E-state index is 16.1. The first-order valence-corrected chi connectivity index (χ1v) is 16.4. The van der Waals surface area contributed by atoms with E-state index in [2.05, 4.69) is 5.10 Å². The Hall–Kier alpha value is -5.69. The number of nitrogens with zero attached hydrogens (tertiary/aromatic N) is 2. The minimum absolute atomic E-state index is 0.106. The van der Waals surface area contributed by atoms with Gasteiger partial charge in [-0.25, -0.2) is 18.7 Å². The number of hydrogen-bond acceptors (Lipinski definition) is 8. The van der Waals surface area contributed by atoms with E-state index in [1.807, 2.05) is 0 Å². The molecule has 0 radical (unpaired) electrons. The Kier molecular flexibility index (Phi) is 11.2. The van der Waals surface area contributed by atoms with Crippen LogP contribution in [-0.2, 0) is 33.4 Å². The molecule has 6 rings (SSSR count). The summed E-state index contributed by atoms with van der Waals surface area (Å²) in [4.78, 5) is 25.8. The molecule has 13 heteroatoms. The van der Waals surface area contributed by atoms with Crippen LogP contribution in [0.25, 0.3) is 0 Å². The van der Waals surface area contributed by atoms with Gasteiger partial charge in [-0.05, 0) is 47.5 Å². The molecule has 0 N–H and O–H groups in total. The van der Waals surface area contributed by atoms with E-state index in [-0.39, 0.29) is 35.5 Å². The molecular formula is C39H34F4N2O7. The fourth-order valence-corrected chi connectivity index (χ4v) is 5.74. The Morgan fingerprint density at radius 2 is 1.42 bits per heavy atom. The average Bonchev–Trinajstić information content (AvgIpc) is 3.49. The van der Waals surface area contributed by atoms with Crippen molar-refractivity contribution in [3.63, 3.8) is 0 Å². The minimum atomic E-state index is -4.87. The Morgan fingerprint density at radius 1 is 0.827 bits per heavy atom. The first kappa shape index (κ1) is 36.1. The van der Waals surface area contributed by atoms with Crippen LogP contribution >= 0.6 is 0 Å². The van der Waals surface area contributed by atoms with Crippen LogP contribution < -0.4 is 9.47 Å².